The van der Waals surface area contributed by atoms with Crippen molar-refractivity contribution in [3.05, 3.63) is 69.8 Å². The van der Waals surface area contributed by atoms with Gasteiger partial charge in [-0.25, -0.2) is 5.43 Å². The fourth-order valence-corrected chi connectivity index (χ4v) is 2.53. The van der Waals surface area contributed by atoms with Gasteiger partial charge < -0.3 is 4.74 Å². The van der Waals surface area contributed by atoms with Gasteiger partial charge >= 0.3 is 5.69 Å². The largest absolute Gasteiger partial charge is 0.477 e. The molecule has 0 fully saturated rings. The average Bonchev–Trinajstić information content (AvgIpc) is 3.01. The first-order chi connectivity index (χ1) is 11.6. The molecule has 0 unspecified atom stereocenters. The van der Waals surface area contributed by atoms with Crippen LogP contribution in [0.25, 0.3) is 0 Å². The fourth-order valence-electron chi connectivity index (χ4n) is 2.53. The van der Waals surface area contributed by atoms with Crippen molar-refractivity contribution in [2.45, 2.75) is 12.8 Å². The quantitative estimate of drug-likeness (QED) is 0.674. The zero-order valence-electron chi connectivity index (χ0n) is 12.8. The molecule has 0 atom stereocenters. The molecule has 0 aliphatic heterocycles. The van der Waals surface area contributed by atoms with Crippen molar-refractivity contribution in [2.75, 3.05) is 6.61 Å². The van der Waals surface area contributed by atoms with Gasteiger partial charge in [-0.05, 0) is 17.2 Å². The van der Waals surface area contributed by atoms with Crippen LogP contribution in [0.4, 0.5) is 5.69 Å². The van der Waals surface area contributed by atoms with Gasteiger partial charge in [-0.3, -0.25) is 14.9 Å². The molecule has 1 aliphatic rings. The summed E-state index contributed by atoms with van der Waals surface area (Å²) in [6.45, 7) is -0.339. The molecule has 1 amide bonds. The third kappa shape index (κ3) is 3.57. The van der Waals surface area contributed by atoms with Gasteiger partial charge in [0.05, 0.1) is 4.92 Å². The lowest BCUT2D eigenvalue weighted by molar-refractivity contribution is -0.385. The van der Waals surface area contributed by atoms with Crippen LogP contribution in [-0.4, -0.2) is 23.1 Å². The van der Waals surface area contributed by atoms with E-state index in [4.69, 9.17) is 4.74 Å². The summed E-state index contributed by atoms with van der Waals surface area (Å²) in [5.74, 6) is -0.407. The molecule has 0 aromatic heterocycles. The second-order valence-electron chi connectivity index (χ2n) is 5.35. The first-order valence-electron chi connectivity index (χ1n) is 7.41. The van der Waals surface area contributed by atoms with Crippen LogP contribution in [0.1, 0.15) is 11.1 Å². The number of hydrazone groups is 1. The zero-order valence-corrected chi connectivity index (χ0v) is 12.8. The third-order valence-electron chi connectivity index (χ3n) is 3.67. The molecule has 0 saturated heterocycles. The Bertz CT molecular complexity index is 790. The number of hydrogen-bond donors (Lipinski definition) is 1. The molecule has 0 radical (unpaired) electrons. The Morgan fingerprint density at radius 2 is 1.75 bits per heavy atom. The molecule has 3 rings (SSSR count). The topological polar surface area (TPSA) is 93.8 Å². The normalized spacial score (nSPS) is 12.4. The number of benzene rings is 2. The molecule has 1 aliphatic carbocycles. The highest BCUT2D eigenvalue weighted by atomic mass is 16.6. The summed E-state index contributed by atoms with van der Waals surface area (Å²) >= 11 is 0. The predicted molar refractivity (Wildman–Crippen MR) is 88.0 cm³/mol. The van der Waals surface area contributed by atoms with Crippen molar-refractivity contribution < 1.29 is 14.5 Å². The number of para-hydroxylation sites is 2. The molecule has 7 heteroatoms. The van der Waals surface area contributed by atoms with Gasteiger partial charge in [-0.15, -0.1) is 0 Å². The van der Waals surface area contributed by atoms with Crippen molar-refractivity contribution in [3.8, 4) is 5.75 Å². The van der Waals surface area contributed by atoms with E-state index in [1.807, 2.05) is 24.3 Å². The van der Waals surface area contributed by atoms with E-state index in [-0.39, 0.29) is 18.0 Å². The lowest BCUT2D eigenvalue weighted by Gasteiger charge is -2.05. The van der Waals surface area contributed by atoms with Gasteiger partial charge in [0.15, 0.2) is 12.4 Å². The first kappa shape index (κ1) is 15.7. The predicted octanol–water partition coefficient (Wildman–Crippen LogP) is 2.24. The van der Waals surface area contributed by atoms with Gasteiger partial charge in [0.25, 0.3) is 5.91 Å². The highest BCUT2D eigenvalue weighted by Crippen LogP contribution is 2.25. The smallest absolute Gasteiger partial charge is 0.310 e. The molecular weight excluding hydrogens is 310 g/mol. The van der Waals surface area contributed by atoms with E-state index in [0.717, 1.165) is 5.71 Å². The van der Waals surface area contributed by atoms with Crippen LogP contribution in [-0.2, 0) is 17.6 Å². The summed E-state index contributed by atoms with van der Waals surface area (Å²) < 4.78 is 5.21. The van der Waals surface area contributed by atoms with Gasteiger partial charge in [0, 0.05) is 24.6 Å². The number of carbonyl (C=O) groups is 1. The Hall–Kier alpha value is -3.22. The molecule has 7 nitrogen and oxygen atoms in total. The lowest BCUT2D eigenvalue weighted by atomic mass is 10.1. The van der Waals surface area contributed by atoms with Crippen LogP contribution < -0.4 is 10.2 Å². The average molecular weight is 325 g/mol. The minimum Gasteiger partial charge on any atom is -0.477 e. The highest BCUT2D eigenvalue weighted by Gasteiger charge is 2.17. The van der Waals surface area contributed by atoms with Crippen LogP contribution in [0.15, 0.2) is 53.6 Å². The van der Waals surface area contributed by atoms with E-state index >= 15 is 0 Å². The number of rotatable bonds is 5. The Morgan fingerprint density at radius 1 is 1.12 bits per heavy atom. The number of fused-ring (bicyclic) bond motifs is 1. The van der Waals surface area contributed by atoms with E-state index < -0.39 is 10.8 Å². The number of nitrogens with one attached hydrogen (secondary N) is 1. The molecule has 2 aromatic rings. The number of carbonyl (C=O) groups excluding carboxylic acids is 1. The molecule has 2 aromatic carbocycles. The van der Waals surface area contributed by atoms with E-state index in [0.29, 0.717) is 12.8 Å². The van der Waals surface area contributed by atoms with E-state index in [1.165, 1.54) is 29.3 Å². The van der Waals surface area contributed by atoms with E-state index in [2.05, 4.69) is 10.5 Å². The van der Waals surface area contributed by atoms with E-state index in [1.54, 1.807) is 6.07 Å². The second kappa shape index (κ2) is 6.91. The van der Waals surface area contributed by atoms with Crippen molar-refractivity contribution in [1.82, 2.24) is 5.43 Å². The standard InChI is InChI=1S/C17H15N3O4/c21-17(11-24-16-8-4-3-7-15(16)20(22)23)19-18-14-9-12-5-1-2-6-13(12)10-14/h1-8H,9-11H2,(H,19,21). The monoisotopic (exact) mass is 325 g/mol. The maximum Gasteiger partial charge on any atom is 0.310 e. The summed E-state index contributed by atoms with van der Waals surface area (Å²) in [4.78, 5) is 22.1. The van der Waals surface area contributed by atoms with Gasteiger partial charge in [-0.2, -0.15) is 5.10 Å². The maximum absolute atomic E-state index is 11.8. The minimum absolute atomic E-state index is 0.0542. The number of nitro benzene ring substituents is 1. The molecule has 0 bridgehead atoms. The molecule has 24 heavy (non-hydrogen) atoms. The number of nitrogens with zero attached hydrogens (tertiary/aromatic N) is 2. The summed E-state index contributed by atoms with van der Waals surface area (Å²) in [6, 6.07) is 13.9. The molecule has 122 valence electrons. The SMILES string of the molecule is O=C(COc1ccccc1[N+](=O)[O-])NN=C1Cc2ccccc2C1. The Morgan fingerprint density at radius 3 is 2.42 bits per heavy atom. The molecular formula is C17H15N3O4. The van der Waals surface area contributed by atoms with Crippen molar-refractivity contribution in [2.24, 2.45) is 5.10 Å². The second-order valence-corrected chi connectivity index (χ2v) is 5.35. The first-order valence-corrected chi connectivity index (χ1v) is 7.41. The summed E-state index contributed by atoms with van der Waals surface area (Å²) in [6.07, 6.45) is 1.42. The van der Waals surface area contributed by atoms with Crippen LogP contribution >= 0.6 is 0 Å². The van der Waals surface area contributed by atoms with Crippen LogP contribution in [0.3, 0.4) is 0 Å². The Kier molecular flexibility index (Phi) is 4.51. The fraction of sp³-hybridized carbons (Fsp3) is 0.176. The molecule has 0 saturated carbocycles. The maximum atomic E-state index is 11.8. The minimum atomic E-state index is -0.552. The Labute approximate surface area is 138 Å². The van der Waals surface area contributed by atoms with Gasteiger partial charge in [0.2, 0.25) is 0 Å². The van der Waals surface area contributed by atoms with Gasteiger partial charge in [0.1, 0.15) is 0 Å². The van der Waals surface area contributed by atoms with Crippen LogP contribution in [0.2, 0.25) is 0 Å². The van der Waals surface area contributed by atoms with E-state index in [9.17, 15) is 14.9 Å². The van der Waals surface area contributed by atoms with Crippen molar-refractivity contribution in [1.29, 1.82) is 0 Å². The summed E-state index contributed by atoms with van der Waals surface area (Å²) in [7, 11) is 0. The number of nitro groups is 1. The summed E-state index contributed by atoms with van der Waals surface area (Å²) in [5, 5.41) is 15.0. The molecule has 0 spiro atoms. The Balaban J connectivity index is 1.54. The zero-order chi connectivity index (χ0) is 16.9. The third-order valence-corrected chi connectivity index (χ3v) is 3.67. The molecule has 0 heterocycles. The molecule has 1 N–H and O–H groups in total. The van der Waals surface area contributed by atoms with Crippen LogP contribution in [0, 0.1) is 10.1 Å². The highest BCUT2D eigenvalue weighted by molar-refractivity contribution is 5.93. The van der Waals surface area contributed by atoms with Crippen LogP contribution in [0.5, 0.6) is 5.75 Å². The van der Waals surface area contributed by atoms with Gasteiger partial charge in [-0.1, -0.05) is 36.4 Å². The lowest BCUT2D eigenvalue weighted by Crippen LogP contribution is -2.26. The number of ether oxygens (including phenoxy) is 1. The van der Waals surface area contributed by atoms with Crippen molar-refractivity contribution >= 4 is 17.3 Å². The van der Waals surface area contributed by atoms with Crippen molar-refractivity contribution in [3.63, 3.8) is 0 Å². The number of amides is 1. The number of hydrogen-bond acceptors (Lipinski definition) is 5. The summed E-state index contributed by atoms with van der Waals surface area (Å²) in [5.41, 5.74) is 5.54.